The largest absolute Gasteiger partial charge is 0.462 e. The van der Waals surface area contributed by atoms with Crippen molar-refractivity contribution in [2.45, 2.75) is 52.4 Å². The fourth-order valence-corrected chi connectivity index (χ4v) is 1.88. The van der Waals surface area contributed by atoms with Crippen LogP contribution in [-0.2, 0) is 4.79 Å². The second-order valence-corrected chi connectivity index (χ2v) is 4.84. The minimum atomic E-state index is -0.0531. The molecule has 1 rings (SSSR count). The zero-order chi connectivity index (χ0) is 13.9. The van der Waals surface area contributed by atoms with E-state index in [1.807, 2.05) is 19.1 Å². The minimum Gasteiger partial charge on any atom is -0.462 e. The molecular weight excluding hydrogens is 238 g/mol. The van der Waals surface area contributed by atoms with E-state index in [0.29, 0.717) is 5.76 Å². The Morgan fingerprint density at radius 3 is 2.63 bits per heavy atom. The zero-order valence-electron chi connectivity index (χ0n) is 12.1. The van der Waals surface area contributed by atoms with Gasteiger partial charge in [-0.05, 0) is 31.6 Å². The molecule has 0 aromatic carbocycles. The SMILES string of the molecule is CCCCCCCCNC(=O)/C=C/c1ccc(C)o1. The first kappa shape index (κ1) is 15.5. The van der Waals surface area contributed by atoms with Crippen molar-refractivity contribution in [1.82, 2.24) is 5.32 Å². The summed E-state index contributed by atoms with van der Waals surface area (Å²) >= 11 is 0. The van der Waals surface area contributed by atoms with Crippen molar-refractivity contribution in [2.75, 3.05) is 6.54 Å². The maximum atomic E-state index is 11.5. The van der Waals surface area contributed by atoms with E-state index in [-0.39, 0.29) is 5.91 Å². The van der Waals surface area contributed by atoms with E-state index in [0.717, 1.165) is 18.7 Å². The van der Waals surface area contributed by atoms with Crippen LogP contribution in [0.5, 0.6) is 0 Å². The molecule has 19 heavy (non-hydrogen) atoms. The summed E-state index contributed by atoms with van der Waals surface area (Å²) in [6.45, 7) is 4.86. The standard InChI is InChI=1S/C16H25NO2/c1-3-4-5-6-7-8-13-17-16(18)12-11-15-10-9-14(2)19-15/h9-12H,3-8,13H2,1-2H3,(H,17,18)/b12-11+. The van der Waals surface area contributed by atoms with E-state index in [1.165, 1.54) is 38.2 Å². The molecule has 0 bridgehead atoms. The molecule has 0 radical (unpaired) electrons. The molecule has 1 amide bonds. The predicted octanol–water partition coefficient (Wildman–Crippen LogP) is 4.08. The van der Waals surface area contributed by atoms with E-state index in [2.05, 4.69) is 12.2 Å². The van der Waals surface area contributed by atoms with Crippen molar-refractivity contribution in [3.63, 3.8) is 0 Å². The first-order valence-corrected chi connectivity index (χ1v) is 7.24. The lowest BCUT2D eigenvalue weighted by Gasteiger charge is -2.02. The summed E-state index contributed by atoms with van der Waals surface area (Å²) in [6, 6.07) is 3.74. The Kier molecular flexibility index (Phi) is 7.71. The fraction of sp³-hybridized carbons (Fsp3) is 0.562. The third-order valence-corrected chi connectivity index (χ3v) is 2.99. The molecule has 106 valence electrons. The lowest BCUT2D eigenvalue weighted by Crippen LogP contribution is -2.21. The first-order valence-electron chi connectivity index (χ1n) is 7.24. The van der Waals surface area contributed by atoms with Gasteiger partial charge in [-0.2, -0.15) is 0 Å². The van der Waals surface area contributed by atoms with Crippen LogP contribution in [-0.4, -0.2) is 12.5 Å². The van der Waals surface area contributed by atoms with Crippen LogP contribution in [0.2, 0.25) is 0 Å². The monoisotopic (exact) mass is 263 g/mol. The summed E-state index contributed by atoms with van der Waals surface area (Å²) < 4.78 is 5.35. The Bertz CT molecular complexity index is 393. The number of carbonyl (C=O) groups excluding carboxylic acids is 1. The average molecular weight is 263 g/mol. The molecule has 0 saturated heterocycles. The van der Waals surface area contributed by atoms with Gasteiger partial charge in [0.05, 0.1) is 0 Å². The molecule has 0 saturated carbocycles. The number of amides is 1. The highest BCUT2D eigenvalue weighted by atomic mass is 16.3. The van der Waals surface area contributed by atoms with Crippen molar-refractivity contribution < 1.29 is 9.21 Å². The molecule has 0 aliphatic heterocycles. The highest BCUT2D eigenvalue weighted by molar-refractivity contribution is 5.91. The molecule has 0 fully saturated rings. The van der Waals surface area contributed by atoms with Crippen LogP contribution in [0.25, 0.3) is 6.08 Å². The van der Waals surface area contributed by atoms with Crippen molar-refractivity contribution >= 4 is 12.0 Å². The first-order chi connectivity index (χ1) is 9.22. The number of rotatable bonds is 9. The van der Waals surface area contributed by atoms with Crippen LogP contribution in [0.1, 0.15) is 57.0 Å². The molecular formula is C16H25NO2. The van der Waals surface area contributed by atoms with Gasteiger partial charge in [-0.25, -0.2) is 0 Å². The van der Waals surface area contributed by atoms with Crippen molar-refractivity contribution in [1.29, 1.82) is 0 Å². The maximum absolute atomic E-state index is 11.5. The third-order valence-electron chi connectivity index (χ3n) is 2.99. The summed E-state index contributed by atoms with van der Waals surface area (Å²) in [7, 11) is 0. The Hall–Kier alpha value is -1.51. The fourth-order valence-electron chi connectivity index (χ4n) is 1.88. The Labute approximate surface area is 116 Å². The zero-order valence-corrected chi connectivity index (χ0v) is 12.1. The van der Waals surface area contributed by atoms with Gasteiger partial charge in [0, 0.05) is 12.6 Å². The topological polar surface area (TPSA) is 42.2 Å². The maximum Gasteiger partial charge on any atom is 0.244 e. The lowest BCUT2D eigenvalue weighted by atomic mass is 10.1. The van der Waals surface area contributed by atoms with E-state index in [4.69, 9.17) is 4.42 Å². The Balaban J connectivity index is 2.06. The number of unbranched alkanes of at least 4 members (excludes halogenated alkanes) is 5. The molecule has 1 aromatic heterocycles. The molecule has 3 nitrogen and oxygen atoms in total. The van der Waals surface area contributed by atoms with Gasteiger partial charge in [0.2, 0.25) is 5.91 Å². The summed E-state index contributed by atoms with van der Waals surface area (Å²) in [4.78, 5) is 11.5. The van der Waals surface area contributed by atoms with Gasteiger partial charge in [0.25, 0.3) is 0 Å². The minimum absolute atomic E-state index is 0.0531. The quantitative estimate of drug-likeness (QED) is 0.539. The van der Waals surface area contributed by atoms with Gasteiger partial charge in [0.1, 0.15) is 11.5 Å². The van der Waals surface area contributed by atoms with E-state index in [1.54, 1.807) is 6.08 Å². The van der Waals surface area contributed by atoms with Gasteiger partial charge >= 0.3 is 0 Å². The van der Waals surface area contributed by atoms with Crippen LogP contribution < -0.4 is 5.32 Å². The number of hydrogen-bond donors (Lipinski definition) is 1. The highest BCUT2D eigenvalue weighted by Crippen LogP contribution is 2.07. The molecule has 3 heteroatoms. The smallest absolute Gasteiger partial charge is 0.244 e. The Morgan fingerprint density at radius 2 is 1.95 bits per heavy atom. The second kappa shape index (κ2) is 9.42. The van der Waals surface area contributed by atoms with Crippen molar-refractivity contribution in [2.24, 2.45) is 0 Å². The molecule has 0 unspecified atom stereocenters. The summed E-state index contributed by atoms with van der Waals surface area (Å²) in [5.74, 6) is 1.52. The molecule has 1 heterocycles. The molecule has 0 aliphatic carbocycles. The van der Waals surface area contributed by atoms with E-state index in [9.17, 15) is 4.79 Å². The van der Waals surface area contributed by atoms with E-state index >= 15 is 0 Å². The molecule has 1 N–H and O–H groups in total. The van der Waals surface area contributed by atoms with Crippen molar-refractivity contribution in [3.05, 3.63) is 29.7 Å². The van der Waals surface area contributed by atoms with Gasteiger partial charge < -0.3 is 9.73 Å². The average Bonchev–Trinajstić information content (AvgIpc) is 2.81. The van der Waals surface area contributed by atoms with Gasteiger partial charge in [0.15, 0.2) is 0 Å². The predicted molar refractivity (Wildman–Crippen MR) is 78.9 cm³/mol. The molecule has 1 aromatic rings. The van der Waals surface area contributed by atoms with Crippen LogP contribution in [0.3, 0.4) is 0 Å². The van der Waals surface area contributed by atoms with E-state index < -0.39 is 0 Å². The molecule has 0 aliphatic rings. The molecule has 0 atom stereocenters. The third kappa shape index (κ3) is 7.50. The number of carbonyl (C=O) groups is 1. The number of aryl methyl sites for hydroxylation is 1. The lowest BCUT2D eigenvalue weighted by molar-refractivity contribution is -0.116. The van der Waals surface area contributed by atoms with Crippen LogP contribution in [0.15, 0.2) is 22.6 Å². The normalized spacial score (nSPS) is 11.1. The number of hydrogen-bond acceptors (Lipinski definition) is 2. The van der Waals surface area contributed by atoms with Crippen LogP contribution in [0.4, 0.5) is 0 Å². The molecule has 0 spiro atoms. The second-order valence-electron chi connectivity index (χ2n) is 4.84. The number of nitrogens with one attached hydrogen (secondary N) is 1. The van der Waals surface area contributed by atoms with Crippen LogP contribution in [0, 0.1) is 6.92 Å². The summed E-state index contributed by atoms with van der Waals surface area (Å²) in [5.41, 5.74) is 0. The Morgan fingerprint density at radius 1 is 1.21 bits per heavy atom. The van der Waals surface area contributed by atoms with Gasteiger partial charge in [-0.1, -0.05) is 39.0 Å². The van der Waals surface area contributed by atoms with Crippen LogP contribution >= 0.6 is 0 Å². The summed E-state index contributed by atoms with van der Waals surface area (Å²) in [5, 5.41) is 2.88. The van der Waals surface area contributed by atoms with Gasteiger partial charge in [-0.3, -0.25) is 4.79 Å². The van der Waals surface area contributed by atoms with Gasteiger partial charge in [-0.15, -0.1) is 0 Å². The number of furan rings is 1. The summed E-state index contributed by atoms with van der Waals surface area (Å²) in [6.07, 6.45) is 10.6. The highest BCUT2D eigenvalue weighted by Gasteiger charge is 1.97. The van der Waals surface area contributed by atoms with Crippen molar-refractivity contribution in [3.8, 4) is 0 Å².